The van der Waals surface area contributed by atoms with Crippen molar-refractivity contribution >= 4 is 33.4 Å². The summed E-state index contributed by atoms with van der Waals surface area (Å²) in [4.78, 5) is 13.6. The molecule has 86 valence electrons. The van der Waals surface area contributed by atoms with Crippen LogP contribution in [0.4, 0.5) is 0 Å². The van der Waals surface area contributed by atoms with Gasteiger partial charge in [-0.15, -0.1) is 0 Å². The molecule has 1 aliphatic heterocycles. The zero-order chi connectivity index (χ0) is 11.9. The van der Waals surface area contributed by atoms with E-state index in [4.69, 9.17) is 11.6 Å². The Hall–Kier alpha value is -0.580. The third-order valence-electron chi connectivity index (χ3n) is 2.53. The number of rotatable bonds is 1. The fourth-order valence-electron chi connectivity index (χ4n) is 1.76. The molecular formula is C11H11BrClNO2. The monoisotopic (exact) mass is 303 g/mol. The third kappa shape index (κ3) is 2.10. The van der Waals surface area contributed by atoms with Crippen molar-refractivity contribution in [3.05, 3.63) is 33.3 Å². The largest absolute Gasteiger partial charge is 0.386 e. The lowest BCUT2D eigenvalue weighted by Crippen LogP contribution is -2.61. The van der Waals surface area contributed by atoms with Gasteiger partial charge in [-0.25, -0.2) is 0 Å². The van der Waals surface area contributed by atoms with Crippen molar-refractivity contribution in [2.45, 2.75) is 12.5 Å². The molecular weight excluding hydrogens is 293 g/mol. The number of nitrogens with zero attached hydrogens (tertiary/aromatic N) is 1. The van der Waals surface area contributed by atoms with E-state index < -0.39 is 5.60 Å². The maximum Gasteiger partial charge on any atom is 0.255 e. The fraction of sp³-hybridized carbons (Fsp3) is 0.364. The first-order valence-electron chi connectivity index (χ1n) is 4.86. The Balaban J connectivity index is 2.20. The van der Waals surface area contributed by atoms with E-state index in [0.717, 1.165) is 0 Å². The lowest BCUT2D eigenvalue weighted by atomic mass is 9.96. The molecule has 16 heavy (non-hydrogen) atoms. The highest BCUT2D eigenvalue weighted by Gasteiger charge is 2.40. The third-order valence-corrected chi connectivity index (χ3v) is 3.83. The highest BCUT2D eigenvalue weighted by molar-refractivity contribution is 9.10. The average Bonchev–Trinajstić information content (AvgIpc) is 2.17. The number of amides is 1. The van der Waals surface area contributed by atoms with Crippen LogP contribution in [0.2, 0.25) is 5.02 Å². The van der Waals surface area contributed by atoms with Crippen LogP contribution in [0.25, 0.3) is 0 Å². The summed E-state index contributed by atoms with van der Waals surface area (Å²) in [6.07, 6.45) is 0. The number of β-amino-alcohol motifs (C(OH)–C–C–N with tert-alkyl or cyclic N) is 1. The summed E-state index contributed by atoms with van der Waals surface area (Å²) in [5, 5.41) is 9.98. The Morgan fingerprint density at radius 1 is 1.56 bits per heavy atom. The Morgan fingerprint density at radius 3 is 2.75 bits per heavy atom. The van der Waals surface area contributed by atoms with Crippen LogP contribution < -0.4 is 0 Å². The number of carbonyl (C=O) groups excluding carboxylic acids is 1. The van der Waals surface area contributed by atoms with Gasteiger partial charge in [0.05, 0.1) is 29.3 Å². The van der Waals surface area contributed by atoms with Crippen LogP contribution >= 0.6 is 27.5 Å². The smallest absolute Gasteiger partial charge is 0.255 e. The van der Waals surface area contributed by atoms with Crippen molar-refractivity contribution in [1.29, 1.82) is 0 Å². The number of hydrogen-bond acceptors (Lipinski definition) is 2. The van der Waals surface area contributed by atoms with E-state index in [0.29, 0.717) is 28.1 Å². The topological polar surface area (TPSA) is 40.5 Å². The van der Waals surface area contributed by atoms with Gasteiger partial charge in [0.25, 0.3) is 5.91 Å². The lowest BCUT2D eigenvalue weighted by Gasteiger charge is -2.44. The zero-order valence-electron chi connectivity index (χ0n) is 8.70. The molecule has 1 fully saturated rings. The van der Waals surface area contributed by atoms with E-state index in [2.05, 4.69) is 15.9 Å². The molecule has 0 spiro atoms. The molecule has 0 atom stereocenters. The van der Waals surface area contributed by atoms with Crippen LogP contribution in [0.3, 0.4) is 0 Å². The summed E-state index contributed by atoms with van der Waals surface area (Å²) >= 11 is 9.30. The van der Waals surface area contributed by atoms with Gasteiger partial charge < -0.3 is 10.0 Å². The predicted molar refractivity (Wildman–Crippen MR) is 65.7 cm³/mol. The van der Waals surface area contributed by atoms with Crippen LogP contribution in [0.5, 0.6) is 0 Å². The van der Waals surface area contributed by atoms with Gasteiger partial charge in [-0.05, 0) is 35.0 Å². The van der Waals surface area contributed by atoms with Crippen LogP contribution in [0.1, 0.15) is 17.3 Å². The highest BCUT2D eigenvalue weighted by Crippen LogP contribution is 2.29. The summed E-state index contributed by atoms with van der Waals surface area (Å²) in [5.41, 5.74) is -0.291. The molecule has 1 heterocycles. The van der Waals surface area contributed by atoms with Crippen molar-refractivity contribution in [2.24, 2.45) is 0 Å². The van der Waals surface area contributed by atoms with Gasteiger partial charge in [0.15, 0.2) is 0 Å². The van der Waals surface area contributed by atoms with E-state index in [-0.39, 0.29) is 5.91 Å². The average molecular weight is 305 g/mol. The van der Waals surface area contributed by atoms with E-state index in [1.54, 1.807) is 30.0 Å². The minimum Gasteiger partial charge on any atom is -0.386 e. The summed E-state index contributed by atoms with van der Waals surface area (Å²) in [5.74, 6) is -0.141. The van der Waals surface area contributed by atoms with Gasteiger partial charge >= 0.3 is 0 Å². The van der Waals surface area contributed by atoms with E-state index in [1.807, 2.05) is 0 Å². The summed E-state index contributed by atoms with van der Waals surface area (Å²) in [6.45, 7) is 2.42. The molecule has 0 aliphatic carbocycles. The molecule has 1 aliphatic rings. The molecule has 0 bridgehead atoms. The SMILES string of the molecule is CC1(O)CN(C(=O)c2cccc(Br)c2Cl)C1. The van der Waals surface area contributed by atoms with Gasteiger partial charge in [-0.1, -0.05) is 17.7 Å². The van der Waals surface area contributed by atoms with Crippen LogP contribution in [0.15, 0.2) is 22.7 Å². The number of hydrogen-bond donors (Lipinski definition) is 1. The van der Waals surface area contributed by atoms with Crippen molar-refractivity contribution < 1.29 is 9.90 Å². The minimum atomic E-state index is -0.756. The number of carbonyl (C=O) groups is 1. The number of likely N-dealkylation sites (tertiary alicyclic amines) is 1. The molecule has 1 aromatic carbocycles. The second kappa shape index (κ2) is 4.02. The van der Waals surface area contributed by atoms with Gasteiger partial charge in [-0.2, -0.15) is 0 Å². The van der Waals surface area contributed by atoms with Gasteiger partial charge in [0.2, 0.25) is 0 Å². The Kier molecular flexibility index (Phi) is 2.99. The molecule has 1 aromatic rings. The zero-order valence-corrected chi connectivity index (χ0v) is 11.0. The molecule has 0 saturated carbocycles. The van der Waals surface area contributed by atoms with E-state index in [1.165, 1.54) is 0 Å². The number of aliphatic hydroxyl groups is 1. The molecule has 2 rings (SSSR count). The van der Waals surface area contributed by atoms with Crippen molar-refractivity contribution in [3.8, 4) is 0 Å². The maximum absolute atomic E-state index is 12.0. The number of halogens is 2. The quantitative estimate of drug-likeness (QED) is 0.865. The van der Waals surface area contributed by atoms with Gasteiger partial charge in [0.1, 0.15) is 0 Å². The molecule has 3 nitrogen and oxygen atoms in total. The minimum absolute atomic E-state index is 0.141. The van der Waals surface area contributed by atoms with Crippen molar-refractivity contribution in [2.75, 3.05) is 13.1 Å². The standard InChI is InChI=1S/C11H11BrClNO2/c1-11(16)5-14(6-11)10(15)7-3-2-4-8(12)9(7)13/h2-4,16H,5-6H2,1H3. The second-order valence-electron chi connectivity index (χ2n) is 4.26. The van der Waals surface area contributed by atoms with Crippen LogP contribution in [-0.4, -0.2) is 34.6 Å². The van der Waals surface area contributed by atoms with Crippen LogP contribution in [0, 0.1) is 0 Å². The molecule has 1 amide bonds. The molecule has 0 radical (unpaired) electrons. The van der Waals surface area contributed by atoms with Crippen molar-refractivity contribution in [1.82, 2.24) is 4.90 Å². The van der Waals surface area contributed by atoms with E-state index >= 15 is 0 Å². The summed E-state index contributed by atoms with van der Waals surface area (Å²) in [6, 6.07) is 5.23. The molecule has 1 N–H and O–H groups in total. The second-order valence-corrected chi connectivity index (χ2v) is 5.49. The Morgan fingerprint density at radius 2 is 2.19 bits per heavy atom. The molecule has 5 heteroatoms. The van der Waals surface area contributed by atoms with Gasteiger partial charge in [-0.3, -0.25) is 4.79 Å². The van der Waals surface area contributed by atoms with Crippen LogP contribution in [-0.2, 0) is 0 Å². The maximum atomic E-state index is 12.0. The molecule has 1 saturated heterocycles. The summed E-state index contributed by atoms with van der Waals surface area (Å²) < 4.78 is 0.701. The predicted octanol–water partition coefficient (Wildman–Crippen LogP) is 2.31. The summed E-state index contributed by atoms with van der Waals surface area (Å²) in [7, 11) is 0. The lowest BCUT2D eigenvalue weighted by molar-refractivity contribution is -0.0668. The van der Waals surface area contributed by atoms with Crippen molar-refractivity contribution in [3.63, 3.8) is 0 Å². The molecule has 0 aromatic heterocycles. The first kappa shape index (κ1) is 11.9. The van der Waals surface area contributed by atoms with E-state index in [9.17, 15) is 9.90 Å². The number of benzene rings is 1. The first-order chi connectivity index (χ1) is 7.41. The van der Waals surface area contributed by atoms with Gasteiger partial charge in [0, 0.05) is 4.47 Å². The Labute approximate surface area is 107 Å². The molecule has 0 unspecified atom stereocenters. The fourth-order valence-corrected chi connectivity index (χ4v) is 2.33. The Bertz CT molecular complexity index is 440. The first-order valence-corrected chi connectivity index (χ1v) is 6.03. The normalized spacial score (nSPS) is 18.1. The highest BCUT2D eigenvalue weighted by atomic mass is 79.9.